The molecule has 0 bridgehead atoms. The minimum Gasteiger partial charge on any atom is -0.0845 e. The van der Waals surface area contributed by atoms with Gasteiger partial charge in [0.1, 0.15) is 0 Å². The Labute approximate surface area is 87.0 Å². The largest absolute Gasteiger partial charge is 0.0845 e. The zero-order valence-corrected chi connectivity index (χ0v) is 8.60. The summed E-state index contributed by atoms with van der Waals surface area (Å²) in [5.41, 5.74) is 0. The highest BCUT2D eigenvalue weighted by molar-refractivity contribution is 5.03. The Kier molecular flexibility index (Phi) is 6.39. The van der Waals surface area contributed by atoms with Crippen molar-refractivity contribution in [3.63, 3.8) is 0 Å². The van der Waals surface area contributed by atoms with Gasteiger partial charge in [-0.3, -0.25) is 0 Å². The lowest BCUT2D eigenvalue weighted by molar-refractivity contribution is 0.758. The molecule has 0 amide bonds. The Morgan fingerprint density at radius 3 is 1.21 bits per heavy atom. The van der Waals surface area contributed by atoms with Crippen LogP contribution in [0.2, 0.25) is 0 Å². The van der Waals surface area contributed by atoms with Crippen LogP contribution in [0.15, 0.2) is 60.7 Å². The van der Waals surface area contributed by atoms with Crippen molar-refractivity contribution in [3.05, 3.63) is 60.7 Å². The third-order valence-corrected chi connectivity index (χ3v) is 2.04. The molecule has 0 aromatic heterocycles. The van der Waals surface area contributed by atoms with E-state index in [0.717, 1.165) is 0 Å². The fourth-order valence-corrected chi connectivity index (χ4v) is 1.26. The molecule has 0 N–H and O–H groups in total. The highest BCUT2D eigenvalue weighted by atomic mass is 13.9. The van der Waals surface area contributed by atoms with Gasteiger partial charge in [-0.25, -0.2) is 0 Å². The van der Waals surface area contributed by atoms with Crippen LogP contribution in [-0.4, -0.2) is 0 Å². The van der Waals surface area contributed by atoms with Gasteiger partial charge in [0.05, 0.1) is 0 Å². The van der Waals surface area contributed by atoms with Gasteiger partial charge in [0.2, 0.25) is 0 Å². The normalized spacial score (nSPS) is 14.9. The lowest BCUT2D eigenvalue weighted by Gasteiger charge is -1.94. The second-order valence-electron chi connectivity index (χ2n) is 3.30. The average molecular weight is 186 g/mol. The van der Waals surface area contributed by atoms with Crippen LogP contribution < -0.4 is 0 Å². The van der Waals surface area contributed by atoms with Gasteiger partial charge in [-0.15, -0.1) is 0 Å². The molecule has 0 saturated carbocycles. The minimum atomic E-state index is 1.27. The molecule has 0 spiro atoms. The summed E-state index contributed by atoms with van der Waals surface area (Å²) in [5, 5.41) is 0. The molecule has 0 unspecified atom stereocenters. The van der Waals surface area contributed by atoms with Gasteiger partial charge in [0.15, 0.2) is 0 Å². The molecular weight excluding hydrogens is 168 g/mol. The summed E-state index contributed by atoms with van der Waals surface area (Å²) >= 11 is 0. The summed E-state index contributed by atoms with van der Waals surface area (Å²) in [5.74, 6) is 0. The molecule has 14 heavy (non-hydrogen) atoms. The molecule has 74 valence electrons. The summed E-state index contributed by atoms with van der Waals surface area (Å²) in [6.07, 6.45) is 14.0. The van der Waals surface area contributed by atoms with Crippen LogP contribution in [0.5, 0.6) is 0 Å². The summed E-state index contributed by atoms with van der Waals surface area (Å²) in [7, 11) is 0. The first kappa shape index (κ1) is 10.8. The summed E-state index contributed by atoms with van der Waals surface area (Å²) < 4.78 is 0. The Morgan fingerprint density at radius 2 is 0.857 bits per heavy atom. The smallest absolute Gasteiger partial charge is 0.0347 e. The molecule has 1 aliphatic rings. The van der Waals surface area contributed by atoms with Crippen LogP contribution >= 0.6 is 0 Å². The van der Waals surface area contributed by atoms with Gasteiger partial charge < -0.3 is 0 Å². The number of allylic oxidation sites excluding steroid dienone is 4. The second-order valence-corrected chi connectivity index (χ2v) is 3.30. The van der Waals surface area contributed by atoms with E-state index in [1.54, 1.807) is 0 Å². The Balaban J connectivity index is 0.000000146. The maximum Gasteiger partial charge on any atom is -0.0347 e. The summed E-state index contributed by atoms with van der Waals surface area (Å²) in [6, 6.07) is 12.0. The fraction of sp³-hybridized carbons (Fsp3) is 0.286. The maximum atomic E-state index is 2.23. The number of hydrogen-bond acceptors (Lipinski definition) is 0. The van der Waals surface area contributed by atoms with Gasteiger partial charge in [-0.05, 0) is 25.7 Å². The molecule has 0 aliphatic heterocycles. The Hall–Kier alpha value is -1.30. The van der Waals surface area contributed by atoms with E-state index in [9.17, 15) is 0 Å². The first-order valence-electron chi connectivity index (χ1n) is 5.32. The summed E-state index contributed by atoms with van der Waals surface area (Å²) in [6.45, 7) is 0. The van der Waals surface area contributed by atoms with Crippen molar-refractivity contribution in [2.24, 2.45) is 0 Å². The van der Waals surface area contributed by atoms with E-state index in [-0.39, 0.29) is 0 Å². The Morgan fingerprint density at radius 1 is 0.500 bits per heavy atom. The van der Waals surface area contributed by atoms with Crippen LogP contribution in [0.1, 0.15) is 25.7 Å². The first-order chi connectivity index (χ1) is 7.00. The quantitative estimate of drug-likeness (QED) is 0.564. The predicted molar refractivity (Wildman–Crippen MR) is 63.2 cm³/mol. The van der Waals surface area contributed by atoms with Gasteiger partial charge in [-0.1, -0.05) is 60.7 Å². The van der Waals surface area contributed by atoms with Crippen molar-refractivity contribution < 1.29 is 0 Å². The Bertz CT molecular complexity index is 216. The average Bonchev–Trinajstić information content (AvgIpc) is 2.20. The van der Waals surface area contributed by atoms with E-state index in [4.69, 9.17) is 0 Å². The van der Waals surface area contributed by atoms with Crippen LogP contribution in [0.25, 0.3) is 0 Å². The van der Waals surface area contributed by atoms with Gasteiger partial charge in [0, 0.05) is 0 Å². The molecule has 1 aromatic rings. The standard InChI is InChI=1S/C8H12.C6H6/c1-2-4-6-8-7-5-3-1;1-2-4-6-5-3-1/h1-4H,5-8H2;1-6H. The van der Waals surface area contributed by atoms with Crippen molar-refractivity contribution in [3.8, 4) is 0 Å². The molecule has 0 atom stereocenters. The SMILES string of the molecule is C1=CCCCCC=C1.c1ccccc1. The molecule has 1 aromatic carbocycles. The fourth-order valence-electron chi connectivity index (χ4n) is 1.26. The van der Waals surface area contributed by atoms with Crippen molar-refractivity contribution in [2.75, 3.05) is 0 Å². The van der Waals surface area contributed by atoms with Crippen molar-refractivity contribution >= 4 is 0 Å². The molecular formula is C14H18. The third-order valence-electron chi connectivity index (χ3n) is 2.04. The maximum absolute atomic E-state index is 2.23. The molecule has 0 fully saturated rings. The van der Waals surface area contributed by atoms with Gasteiger partial charge >= 0.3 is 0 Å². The topological polar surface area (TPSA) is 0 Å². The van der Waals surface area contributed by atoms with Crippen molar-refractivity contribution in [2.45, 2.75) is 25.7 Å². The predicted octanol–water partition coefficient (Wildman–Crippen LogP) is 4.36. The van der Waals surface area contributed by atoms with Gasteiger partial charge in [0.25, 0.3) is 0 Å². The van der Waals surface area contributed by atoms with E-state index < -0.39 is 0 Å². The van der Waals surface area contributed by atoms with Crippen LogP contribution in [-0.2, 0) is 0 Å². The van der Waals surface area contributed by atoms with E-state index in [1.807, 2.05) is 36.4 Å². The molecule has 1 aliphatic carbocycles. The minimum absolute atomic E-state index is 1.27. The van der Waals surface area contributed by atoms with Crippen molar-refractivity contribution in [1.29, 1.82) is 0 Å². The molecule has 0 nitrogen and oxygen atoms in total. The third kappa shape index (κ3) is 6.24. The molecule has 0 heteroatoms. The molecule has 0 saturated heterocycles. The van der Waals surface area contributed by atoms with E-state index in [0.29, 0.717) is 0 Å². The zero-order chi connectivity index (χ0) is 9.90. The van der Waals surface area contributed by atoms with E-state index >= 15 is 0 Å². The van der Waals surface area contributed by atoms with E-state index in [1.165, 1.54) is 25.7 Å². The summed E-state index contributed by atoms with van der Waals surface area (Å²) in [4.78, 5) is 0. The van der Waals surface area contributed by atoms with Crippen LogP contribution in [0.3, 0.4) is 0 Å². The molecule has 0 radical (unpaired) electrons. The lowest BCUT2D eigenvalue weighted by Crippen LogP contribution is -1.74. The van der Waals surface area contributed by atoms with Crippen LogP contribution in [0.4, 0.5) is 0 Å². The van der Waals surface area contributed by atoms with Crippen LogP contribution in [0, 0.1) is 0 Å². The number of rotatable bonds is 0. The zero-order valence-electron chi connectivity index (χ0n) is 8.60. The highest BCUT2D eigenvalue weighted by Gasteiger charge is 1.84. The first-order valence-corrected chi connectivity index (χ1v) is 5.32. The highest BCUT2D eigenvalue weighted by Crippen LogP contribution is 2.04. The lowest BCUT2D eigenvalue weighted by atomic mass is 10.1. The molecule has 0 heterocycles. The monoisotopic (exact) mass is 186 g/mol. The van der Waals surface area contributed by atoms with E-state index in [2.05, 4.69) is 24.3 Å². The number of hydrogen-bond donors (Lipinski definition) is 0. The molecule has 2 rings (SSSR count). The second kappa shape index (κ2) is 8.31. The number of benzene rings is 1. The van der Waals surface area contributed by atoms with Gasteiger partial charge in [-0.2, -0.15) is 0 Å². The van der Waals surface area contributed by atoms with Crippen molar-refractivity contribution in [1.82, 2.24) is 0 Å².